The first-order chi connectivity index (χ1) is 16.2. The molecule has 0 radical (unpaired) electrons. The minimum Gasteiger partial charge on any atom is -0.396 e. The van der Waals surface area contributed by atoms with Gasteiger partial charge in [0.2, 0.25) is 0 Å². The van der Waals surface area contributed by atoms with Crippen molar-refractivity contribution in [3.05, 3.63) is 70.0 Å². The number of nitrogens with two attached hydrogens (primary N) is 1. The number of hydrogen-bond acceptors (Lipinski definition) is 5. The zero-order valence-electron chi connectivity index (χ0n) is 21.7. The van der Waals surface area contributed by atoms with Gasteiger partial charge in [-0.15, -0.1) is 0 Å². The van der Waals surface area contributed by atoms with Crippen molar-refractivity contribution in [3.63, 3.8) is 0 Å². The van der Waals surface area contributed by atoms with E-state index < -0.39 is 33.7 Å². The zero-order valence-corrected chi connectivity index (χ0v) is 22.5. The van der Waals surface area contributed by atoms with Gasteiger partial charge in [0.05, 0.1) is 23.3 Å². The van der Waals surface area contributed by atoms with Gasteiger partial charge in [-0.25, -0.2) is 12.8 Å². The SMILES string of the molecule is CC(C)=C(C)c1cc(C[C@@H]2CS(=O)(=O)C[C@H](NCc3cccc(C(C)(C)C)c3)[C@H]2O)cc(F)c1N. The van der Waals surface area contributed by atoms with Crippen LogP contribution in [0.1, 0.15) is 63.8 Å². The Labute approximate surface area is 209 Å². The normalized spacial score (nSPS) is 22.1. The first-order valence-corrected chi connectivity index (χ1v) is 13.9. The van der Waals surface area contributed by atoms with Gasteiger partial charge in [-0.2, -0.15) is 0 Å². The third kappa shape index (κ3) is 6.72. The Morgan fingerprint density at radius 1 is 1.11 bits per heavy atom. The highest BCUT2D eigenvalue weighted by atomic mass is 32.2. The quantitative estimate of drug-likeness (QED) is 0.501. The molecule has 5 nitrogen and oxygen atoms in total. The molecule has 3 rings (SSSR count). The number of benzene rings is 2. The number of anilines is 1. The molecule has 0 aliphatic carbocycles. The topological polar surface area (TPSA) is 92.4 Å². The van der Waals surface area contributed by atoms with E-state index in [0.717, 1.165) is 16.7 Å². The van der Waals surface area contributed by atoms with Crippen LogP contribution in [-0.2, 0) is 28.2 Å². The second-order valence-electron chi connectivity index (χ2n) is 11.1. The predicted molar refractivity (Wildman–Crippen MR) is 142 cm³/mol. The van der Waals surface area contributed by atoms with Crippen LogP contribution in [0.15, 0.2) is 42.0 Å². The molecule has 1 aliphatic rings. The Balaban J connectivity index is 1.81. The number of nitrogen functional groups attached to an aromatic ring is 1. The summed E-state index contributed by atoms with van der Waals surface area (Å²) in [4.78, 5) is 0. The highest BCUT2D eigenvalue weighted by Gasteiger charge is 2.39. The Kier molecular flexibility index (Phi) is 8.14. The molecule has 0 unspecified atom stereocenters. The summed E-state index contributed by atoms with van der Waals surface area (Å²) in [5, 5.41) is 14.4. The van der Waals surface area contributed by atoms with Gasteiger partial charge in [0, 0.05) is 24.1 Å². The highest BCUT2D eigenvalue weighted by molar-refractivity contribution is 7.91. The van der Waals surface area contributed by atoms with E-state index in [1.54, 1.807) is 0 Å². The van der Waals surface area contributed by atoms with Crippen LogP contribution in [0.3, 0.4) is 0 Å². The maximum atomic E-state index is 14.6. The molecule has 1 heterocycles. The van der Waals surface area contributed by atoms with E-state index in [0.29, 0.717) is 17.7 Å². The van der Waals surface area contributed by atoms with Crippen LogP contribution >= 0.6 is 0 Å². The van der Waals surface area contributed by atoms with E-state index in [9.17, 15) is 17.9 Å². The number of sulfone groups is 1. The van der Waals surface area contributed by atoms with Crippen molar-refractivity contribution in [2.45, 2.75) is 72.1 Å². The molecule has 1 saturated heterocycles. The molecular weight excluding hydrogens is 463 g/mol. The Bertz CT molecular complexity index is 1210. The van der Waals surface area contributed by atoms with Crippen LogP contribution in [0.25, 0.3) is 5.57 Å². The van der Waals surface area contributed by atoms with Crippen LogP contribution in [0.2, 0.25) is 0 Å². The molecule has 0 aromatic heterocycles. The van der Waals surface area contributed by atoms with Crippen molar-refractivity contribution >= 4 is 21.1 Å². The minimum absolute atomic E-state index is 0.00581. The van der Waals surface area contributed by atoms with Crippen molar-refractivity contribution in [1.82, 2.24) is 5.32 Å². The molecule has 4 N–H and O–H groups in total. The molecule has 192 valence electrons. The average molecular weight is 503 g/mol. The lowest BCUT2D eigenvalue weighted by atomic mass is 9.86. The van der Waals surface area contributed by atoms with Gasteiger partial charge in [0.15, 0.2) is 9.84 Å². The van der Waals surface area contributed by atoms with E-state index in [4.69, 9.17) is 5.73 Å². The fraction of sp³-hybridized carbons (Fsp3) is 0.500. The van der Waals surface area contributed by atoms with E-state index in [2.05, 4.69) is 38.2 Å². The summed E-state index contributed by atoms with van der Waals surface area (Å²) >= 11 is 0. The lowest BCUT2D eigenvalue weighted by molar-refractivity contribution is 0.0781. The number of halogens is 1. The summed E-state index contributed by atoms with van der Waals surface area (Å²) in [7, 11) is -3.38. The van der Waals surface area contributed by atoms with Crippen LogP contribution in [-0.4, -0.2) is 37.2 Å². The van der Waals surface area contributed by atoms with Gasteiger partial charge in [0.1, 0.15) is 5.82 Å². The van der Waals surface area contributed by atoms with Gasteiger partial charge < -0.3 is 16.2 Å². The molecule has 2 aromatic rings. The van der Waals surface area contributed by atoms with Crippen molar-refractivity contribution < 1.29 is 17.9 Å². The summed E-state index contributed by atoms with van der Waals surface area (Å²) in [5.41, 5.74) is 11.5. The summed E-state index contributed by atoms with van der Waals surface area (Å²) in [5.74, 6) is -1.33. The van der Waals surface area contributed by atoms with Gasteiger partial charge in [0.25, 0.3) is 0 Å². The van der Waals surface area contributed by atoms with Crippen LogP contribution < -0.4 is 11.1 Å². The third-order valence-electron chi connectivity index (χ3n) is 7.00. The van der Waals surface area contributed by atoms with Crippen LogP contribution in [0, 0.1) is 11.7 Å². The van der Waals surface area contributed by atoms with Crippen molar-refractivity contribution in [3.8, 4) is 0 Å². The first-order valence-electron chi connectivity index (χ1n) is 12.1. The summed E-state index contributed by atoms with van der Waals surface area (Å²) < 4.78 is 40.1. The Hall–Kier alpha value is -2.22. The maximum Gasteiger partial charge on any atom is 0.152 e. The third-order valence-corrected chi connectivity index (χ3v) is 8.80. The Morgan fingerprint density at radius 3 is 2.43 bits per heavy atom. The minimum atomic E-state index is -3.38. The maximum absolute atomic E-state index is 14.6. The molecule has 0 amide bonds. The zero-order chi connectivity index (χ0) is 26.1. The largest absolute Gasteiger partial charge is 0.396 e. The smallest absolute Gasteiger partial charge is 0.152 e. The summed E-state index contributed by atoms with van der Waals surface area (Å²) in [6.07, 6.45) is -0.629. The molecule has 1 fully saturated rings. The van der Waals surface area contributed by atoms with E-state index in [-0.39, 0.29) is 29.0 Å². The summed E-state index contributed by atoms with van der Waals surface area (Å²) in [6.45, 7) is 12.6. The number of aliphatic hydroxyl groups is 1. The van der Waals surface area contributed by atoms with Crippen LogP contribution in [0.5, 0.6) is 0 Å². The molecule has 0 saturated carbocycles. The number of aliphatic hydroxyl groups excluding tert-OH is 1. The fourth-order valence-electron chi connectivity index (χ4n) is 4.62. The second kappa shape index (κ2) is 10.4. The highest BCUT2D eigenvalue weighted by Crippen LogP contribution is 2.31. The van der Waals surface area contributed by atoms with Crippen molar-refractivity contribution in [1.29, 1.82) is 0 Å². The second-order valence-corrected chi connectivity index (χ2v) is 13.3. The van der Waals surface area contributed by atoms with Crippen molar-refractivity contribution in [2.24, 2.45) is 5.92 Å². The standard InChI is InChI=1S/C28H39FN2O3S/c1-17(2)18(3)23-12-20(13-24(29)26(23)30)10-21-15-35(33,34)16-25(27(21)32)31-14-19-8-7-9-22(11-19)28(4,5)6/h7-9,11-13,21,25,27,31-32H,10,14-16,30H2,1-6H3/t21-,25+,27+/m1/s1. The molecule has 1 aliphatic heterocycles. The van der Waals surface area contributed by atoms with E-state index >= 15 is 0 Å². The van der Waals surface area contributed by atoms with E-state index in [1.807, 2.05) is 39.0 Å². The number of rotatable bonds is 6. The average Bonchev–Trinajstić information content (AvgIpc) is 2.76. The van der Waals surface area contributed by atoms with Crippen LogP contribution in [0.4, 0.5) is 10.1 Å². The molecule has 2 aromatic carbocycles. The summed E-state index contributed by atoms with van der Waals surface area (Å²) in [6, 6.07) is 10.7. The number of hydrogen-bond donors (Lipinski definition) is 3. The lowest BCUT2D eigenvalue weighted by Gasteiger charge is -2.35. The van der Waals surface area contributed by atoms with Gasteiger partial charge >= 0.3 is 0 Å². The molecule has 3 atom stereocenters. The van der Waals surface area contributed by atoms with Gasteiger partial charge in [-0.05, 0) is 67.0 Å². The molecule has 35 heavy (non-hydrogen) atoms. The predicted octanol–water partition coefficient (Wildman–Crippen LogP) is 4.63. The molecule has 0 spiro atoms. The van der Waals surface area contributed by atoms with Gasteiger partial charge in [-0.3, -0.25) is 0 Å². The number of allylic oxidation sites excluding steroid dienone is 2. The molecule has 7 heteroatoms. The monoisotopic (exact) mass is 502 g/mol. The van der Waals surface area contributed by atoms with E-state index in [1.165, 1.54) is 11.6 Å². The molecular formula is C28H39FN2O3S. The Morgan fingerprint density at radius 2 is 1.80 bits per heavy atom. The lowest BCUT2D eigenvalue weighted by Crippen LogP contribution is -2.54. The molecule has 0 bridgehead atoms. The van der Waals surface area contributed by atoms with Crippen molar-refractivity contribution in [2.75, 3.05) is 17.2 Å². The number of nitrogens with one attached hydrogen (secondary N) is 1. The van der Waals surface area contributed by atoms with Gasteiger partial charge in [-0.1, -0.05) is 50.6 Å². The fourth-order valence-corrected chi connectivity index (χ4v) is 6.59. The first kappa shape index (κ1) is 27.4.